The Morgan fingerprint density at radius 1 is 1.24 bits per heavy atom. The van der Waals surface area contributed by atoms with E-state index >= 15 is 0 Å². The van der Waals surface area contributed by atoms with E-state index in [4.69, 9.17) is 9.47 Å². The summed E-state index contributed by atoms with van der Waals surface area (Å²) in [5, 5.41) is 3.46. The van der Waals surface area contributed by atoms with Crippen molar-refractivity contribution in [3.05, 3.63) is 0 Å². The zero-order chi connectivity index (χ0) is 12.3. The molecular formula is C14H27NO2. The van der Waals surface area contributed by atoms with E-state index in [9.17, 15) is 0 Å². The number of rotatable bonds is 6. The van der Waals surface area contributed by atoms with Gasteiger partial charge in [-0.2, -0.15) is 0 Å². The molecule has 2 aliphatic carbocycles. The van der Waals surface area contributed by atoms with E-state index < -0.39 is 0 Å². The van der Waals surface area contributed by atoms with Crippen LogP contribution in [0.25, 0.3) is 0 Å². The van der Waals surface area contributed by atoms with E-state index in [0.717, 1.165) is 13.2 Å². The highest BCUT2D eigenvalue weighted by atomic mass is 16.5. The van der Waals surface area contributed by atoms with Crippen molar-refractivity contribution in [2.24, 2.45) is 5.41 Å². The third kappa shape index (κ3) is 2.67. The SMILES string of the molecule is CNC1CC(OCCOC(C)C)C12CCCC2. The van der Waals surface area contributed by atoms with Crippen molar-refractivity contribution < 1.29 is 9.47 Å². The average molecular weight is 241 g/mol. The van der Waals surface area contributed by atoms with E-state index in [2.05, 4.69) is 26.2 Å². The molecule has 0 radical (unpaired) electrons. The molecule has 1 spiro atoms. The van der Waals surface area contributed by atoms with Gasteiger partial charge in [0.05, 0.1) is 25.4 Å². The van der Waals surface area contributed by atoms with Crippen LogP contribution in [0.3, 0.4) is 0 Å². The summed E-state index contributed by atoms with van der Waals surface area (Å²) < 4.78 is 11.6. The van der Waals surface area contributed by atoms with Gasteiger partial charge in [0.2, 0.25) is 0 Å². The summed E-state index contributed by atoms with van der Waals surface area (Å²) in [5.41, 5.74) is 0.451. The zero-order valence-corrected chi connectivity index (χ0v) is 11.5. The largest absolute Gasteiger partial charge is 0.376 e. The standard InChI is InChI=1S/C14H27NO2/c1-11(2)16-8-9-17-13-10-12(15-3)14(13)6-4-5-7-14/h11-13,15H,4-10H2,1-3H3. The van der Waals surface area contributed by atoms with Gasteiger partial charge < -0.3 is 14.8 Å². The number of nitrogens with one attached hydrogen (secondary N) is 1. The summed E-state index contributed by atoms with van der Waals surface area (Å²) >= 11 is 0. The molecule has 3 nitrogen and oxygen atoms in total. The lowest BCUT2D eigenvalue weighted by Gasteiger charge is -2.54. The second-order valence-corrected chi connectivity index (χ2v) is 5.80. The molecule has 2 aliphatic rings. The first-order chi connectivity index (χ1) is 8.19. The minimum atomic E-state index is 0.311. The van der Waals surface area contributed by atoms with Gasteiger partial charge in [-0.1, -0.05) is 12.8 Å². The van der Waals surface area contributed by atoms with Gasteiger partial charge in [-0.05, 0) is 40.2 Å². The molecule has 0 aliphatic heterocycles. The first-order valence-electron chi connectivity index (χ1n) is 7.09. The topological polar surface area (TPSA) is 30.5 Å². The van der Waals surface area contributed by atoms with Crippen LogP contribution >= 0.6 is 0 Å². The van der Waals surface area contributed by atoms with E-state index in [0.29, 0.717) is 23.7 Å². The molecule has 17 heavy (non-hydrogen) atoms. The lowest BCUT2D eigenvalue weighted by atomic mass is 9.60. The molecule has 2 atom stereocenters. The van der Waals surface area contributed by atoms with E-state index in [1.807, 2.05) is 0 Å². The van der Waals surface area contributed by atoms with Crippen LogP contribution in [0.5, 0.6) is 0 Å². The van der Waals surface area contributed by atoms with Crippen molar-refractivity contribution in [2.45, 2.75) is 64.2 Å². The van der Waals surface area contributed by atoms with Crippen molar-refractivity contribution in [3.63, 3.8) is 0 Å². The molecule has 0 amide bonds. The highest BCUT2D eigenvalue weighted by Gasteiger charge is 2.55. The molecule has 0 aromatic heterocycles. The van der Waals surface area contributed by atoms with Crippen LogP contribution in [0.15, 0.2) is 0 Å². The summed E-state index contributed by atoms with van der Waals surface area (Å²) in [7, 11) is 2.09. The Balaban J connectivity index is 1.74. The molecule has 3 heteroatoms. The highest BCUT2D eigenvalue weighted by Crippen LogP contribution is 2.54. The zero-order valence-electron chi connectivity index (χ0n) is 11.5. The fraction of sp³-hybridized carbons (Fsp3) is 1.00. The Morgan fingerprint density at radius 2 is 1.94 bits per heavy atom. The fourth-order valence-electron chi connectivity index (χ4n) is 3.56. The van der Waals surface area contributed by atoms with Gasteiger partial charge in [0.25, 0.3) is 0 Å². The third-order valence-corrected chi connectivity index (χ3v) is 4.52. The second-order valence-electron chi connectivity index (χ2n) is 5.80. The molecule has 100 valence electrons. The lowest BCUT2D eigenvalue weighted by Crippen LogP contribution is -2.62. The van der Waals surface area contributed by atoms with Gasteiger partial charge in [-0.15, -0.1) is 0 Å². The van der Waals surface area contributed by atoms with Gasteiger partial charge in [0.1, 0.15) is 0 Å². The number of ether oxygens (including phenoxy) is 2. The normalized spacial score (nSPS) is 31.1. The van der Waals surface area contributed by atoms with Gasteiger partial charge in [0, 0.05) is 11.5 Å². The van der Waals surface area contributed by atoms with Crippen molar-refractivity contribution in [2.75, 3.05) is 20.3 Å². The maximum Gasteiger partial charge on any atom is 0.0704 e. The van der Waals surface area contributed by atoms with Crippen LogP contribution in [-0.2, 0) is 9.47 Å². The molecule has 2 fully saturated rings. The van der Waals surface area contributed by atoms with Crippen molar-refractivity contribution >= 4 is 0 Å². The van der Waals surface area contributed by atoms with E-state index in [1.165, 1.54) is 32.1 Å². The Labute approximate surface area is 105 Å². The summed E-state index contributed by atoms with van der Waals surface area (Å²) in [4.78, 5) is 0. The third-order valence-electron chi connectivity index (χ3n) is 4.52. The van der Waals surface area contributed by atoms with Crippen LogP contribution in [0.4, 0.5) is 0 Å². The average Bonchev–Trinajstić information content (AvgIpc) is 2.78. The molecule has 0 aromatic rings. The minimum Gasteiger partial charge on any atom is -0.376 e. The summed E-state index contributed by atoms with van der Waals surface area (Å²) in [6.45, 7) is 5.62. The lowest BCUT2D eigenvalue weighted by molar-refractivity contribution is -0.142. The predicted molar refractivity (Wildman–Crippen MR) is 69.2 cm³/mol. The first-order valence-corrected chi connectivity index (χ1v) is 7.09. The van der Waals surface area contributed by atoms with Crippen LogP contribution < -0.4 is 5.32 Å². The monoisotopic (exact) mass is 241 g/mol. The number of hydrogen-bond donors (Lipinski definition) is 1. The van der Waals surface area contributed by atoms with Crippen LogP contribution in [-0.4, -0.2) is 38.5 Å². The van der Waals surface area contributed by atoms with Crippen LogP contribution in [0, 0.1) is 5.41 Å². The quantitative estimate of drug-likeness (QED) is 0.724. The highest BCUT2D eigenvalue weighted by molar-refractivity contribution is 5.09. The maximum atomic E-state index is 6.03. The first kappa shape index (κ1) is 13.3. The van der Waals surface area contributed by atoms with Gasteiger partial charge in [-0.3, -0.25) is 0 Å². The van der Waals surface area contributed by atoms with Gasteiger partial charge in [0.15, 0.2) is 0 Å². The second kappa shape index (κ2) is 5.68. The minimum absolute atomic E-state index is 0.311. The molecule has 0 saturated heterocycles. The molecule has 2 saturated carbocycles. The Bertz CT molecular complexity index is 236. The molecule has 2 unspecified atom stereocenters. The maximum absolute atomic E-state index is 6.03. The van der Waals surface area contributed by atoms with Gasteiger partial charge in [-0.25, -0.2) is 0 Å². The predicted octanol–water partition coefficient (Wildman–Crippen LogP) is 2.35. The summed E-state index contributed by atoms with van der Waals surface area (Å²) in [6.07, 6.45) is 7.39. The fourth-order valence-corrected chi connectivity index (χ4v) is 3.56. The van der Waals surface area contributed by atoms with Crippen molar-refractivity contribution in [1.82, 2.24) is 5.32 Å². The molecule has 2 rings (SSSR count). The Hall–Kier alpha value is -0.120. The molecule has 0 heterocycles. The summed E-state index contributed by atoms with van der Waals surface area (Å²) in [5.74, 6) is 0. The molecule has 0 bridgehead atoms. The smallest absolute Gasteiger partial charge is 0.0704 e. The Kier molecular flexibility index (Phi) is 4.45. The van der Waals surface area contributed by atoms with E-state index in [-0.39, 0.29) is 0 Å². The van der Waals surface area contributed by atoms with Crippen molar-refractivity contribution in [3.8, 4) is 0 Å². The van der Waals surface area contributed by atoms with Gasteiger partial charge >= 0.3 is 0 Å². The van der Waals surface area contributed by atoms with E-state index in [1.54, 1.807) is 0 Å². The Morgan fingerprint density at radius 3 is 2.53 bits per heavy atom. The van der Waals surface area contributed by atoms with Crippen LogP contribution in [0.1, 0.15) is 46.0 Å². The van der Waals surface area contributed by atoms with Crippen molar-refractivity contribution in [1.29, 1.82) is 0 Å². The molecule has 0 aromatic carbocycles. The van der Waals surface area contributed by atoms with Crippen LogP contribution in [0.2, 0.25) is 0 Å². The number of hydrogen-bond acceptors (Lipinski definition) is 3. The summed E-state index contributed by atoms with van der Waals surface area (Å²) in [6, 6.07) is 0.681. The molecule has 1 N–H and O–H groups in total. The molecular weight excluding hydrogens is 214 g/mol.